The van der Waals surface area contributed by atoms with Gasteiger partial charge in [0.05, 0.1) is 11.4 Å². The van der Waals surface area contributed by atoms with Crippen LogP contribution in [0.4, 0.5) is 4.79 Å². The molecule has 2 heterocycles. The van der Waals surface area contributed by atoms with Crippen LogP contribution < -0.4 is 0 Å². The molecule has 0 radical (unpaired) electrons. The molecule has 0 aliphatic carbocycles. The Balaban J connectivity index is 1.81. The van der Waals surface area contributed by atoms with Gasteiger partial charge in [0.2, 0.25) is 0 Å². The lowest BCUT2D eigenvalue weighted by Crippen LogP contribution is -2.33. The van der Waals surface area contributed by atoms with Gasteiger partial charge >= 0.3 is 0 Å². The van der Waals surface area contributed by atoms with Crippen LogP contribution in [0.25, 0.3) is 6.08 Å². The number of amides is 2. The average Bonchev–Trinajstić information content (AvgIpc) is 3.15. The zero-order valence-electron chi connectivity index (χ0n) is 14.2. The molecule has 0 atom stereocenters. The van der Waals surface area contributed by atoms with Crippen molar-refractivity contribution in [3.05, 3.63) is 61.7 Å². The van der Waals surface area contributed by atoms with Gasteiger partial charge in [0.15, 0.2) is 5.78 Å². The minimum atomic E-state index is -0.404. The Morgan fingerprint density at radius 2 is 1.84 bits per heavy atom. The average molecular weight is 371 g/mol. The molecule has 0 bridgehead atoms. The molecule has 0 saturated carbocycles. The molecule has 6 heteroatoms. The third-order valence-corrected chi connectivity index (χ3v) is 5.86. The van der Waals surface area contributed by atoms with E-state index in [0.717, 1.165) is 38.2 Å². The SMILES string of the molecule is Cc1cc(C)c(C(=O)CN2C(=O)S/C(=C\c3cccs3)C2=O)cc1C. The van der Waals surface area contributed by atoms with Crippen LogP contribution in [0.1, 0.15) is 31.9 Å². The highest BCUT2D eigenvalue weighted by Crippen LogP contribution is 2.33. The van der Waals surface area contributed by atoms with Gasteiger partial charge in [0.1, 0.15) is 0 Å². The molecule has 1 aromatic heterocycles. The van der Waals surface area contributed by atoms with Crippen molar-refractivity contribution in [3.8, 4) is 0 Å². The number of carbonyl (C=O) groups excluding carboxylic acids is 3. The first-order chi connectivity index (χ1) is 11.9. The fraction of sp³-hybridized carbons (Fsp3) is 0.211. The van der Waals surface area contributed by atoms with E-state index in [-0.39, 0.29) is 12.3 Å². The topological polar surface area (TPSA) is 54.5 Å². The van der Waals surface area contributed by atoms with Crippen molar-refractivity contribution in [3.63, 3.8) is 0 Å². The molecule has 2 amide bonds. The highest BCUT2D eigenvalue weighted by Gasteiger charge is 2.36. The summed E-state index contributed by atoms with van der Waals surface area (Å²) in [6, 6.07) is 7.54. The van der Waals surface area contributed by atoms with Crippen LogP contribution >= 0.6 is 23.1 Å². The second-order valence-electron chi connectivity index (χ2n) is 5.96. The second-order valence-corrected chi connectivity index (χ2v) is 7.93. The first-order valence-electron chi connectivity index (χ1n) is 7.76. The molecule has 1 fully saturated rings. The summed E-state index contributed by atoms with van der Waals surface area (Å²) >= 11 is 2.37. The molecule has 2 aromatic rings. The maximum Gasteiger partial charge on any atom is 0.293 e. The van der Waals surface area contributed by atoms with Gasteiger partial charge in [-0.1, -0.05) is 12.1 Å². The first kappa shape index (κ1) is 17.6. The Hall–Kier alpha value is -2.18. The number of aryl methyl sites for hydroxylation is 3. The van der Waals surface area contributed by atoms with E-state index < -0.39 is 11.1 Å². The van der Waals surface area contributed by atoms with Crippen LogP contribution in [-0.2, 0) is 4.79 Å². The predicted octanol–water partition coefficient (Wildman–Crippen LogP) is 4.59. The summed E-state index contributed by atoms with van der Waals surface area (Å²) in [5, 5.41) is 1.50. The van der Waals surface area contributed by atoms with E-state index in [9.17, 15) is 14.4 Å². The van der Waals surface area contributed by atoms with E-state index in [1.54, 1.807) is 6.08 Å². The lowest BCUT2D eigenvalue weighted by molar-refractivity contribution is -0.122. The van der Waals surface area contributed by atoms with E-state index in [1.807, 2.05) is 50.4 Å². The molecule has 1 aromatic carbocycles. The molecular formula is C19H17NO3S2. The highest BCUT2D eigenvalue weighted by molar-refractivity contribution is 8.18. The van der Waals surface area contributed by atoms with Gasteiger partial charge in [0.25, 0.3) is 11.1 Å². The predicted molar refractivity (Wildman–Crippen MR) is 102 cm³/mol. The van der Waals surface area contributed by atoms with Crippen LogP contribution in [0.2, 0.25) is 0 Å². The van der Waals surface area contributed by atoms with Gasteiger partial charge < -0.3 is 0 Å². The number of benzene rings is 1. The normalized spacial score (nSPS) is 16.1. The number of hydrogen-bond donors (Lipinski definition) is 0. The van der Waals surface area contributed by atoms with Crippen LogP contribution in [0.3, 0.4) is 0 Å². The number of nitrogens with zero attached hydrogens (tertiary/aromatic N) is 1. The summed E-state index contributed by atoms with van der Waals surface area (Å²) in [6.45, 7) is 5.57. The Morgan fingerprint density at radius 3 is 2.52 bits per heavy atom. The van der Waals surface area contributed by atoms with Crippen molar-refractivity contribution in [2.45, 2.75) is 20.8 Å². The van der Waals surface area contributed by atoms with Crippen molar-refractivity contribution in [1.29, 1.82) is 0 Å². The van der Waals surface area contributed by atoms with Gasteiger partial charge in [-0.3, -0.25) is 19.3 Å². The van der Waals surface area contributed by atoms with E-state index in [0.29, 0.717) is 10.5 Å². The molecule has 0 N–H and O–H groups in total. The zero-order chi connectivity index (χ0) is 18.1. The van der Waals surface area contributed by atoms with Crippen molar-refractivity contribution >= 4 is 46.1 Å². The largest absolute Gasteiger partial charge is 0.293 e. The molecule has 3 rings (SSSR count). The molecule has 1 aliphatic heterocycles. The third-order valence-electron chi connectivity index (χ3n) is 4.13. The lowest BCUT2D eigenvalue weighted by Gasteiger charge is -2.14. The Bertz CT molecular complexity index is 898. The Kier molecular flexibility index (Phi) is 4.92. The molecular weight excluding hydrogens is 354 g/mol. The standard InChI is InChI=1S/C19H17NO3S2/c1-11-7-13(3)15(8-12(11)2)16(21)10-20-18(22)17(25-19(20)23)9-14-5-4-6-24-14/h4-9H,10H2,1-3H3/b17-9-. The van der Waals surface area contributed by atoms with Gasteiger partial charge in [-0.05, 0) is 72.8 Å². The number of imide groups is 1. The van der Waals surface area contributed by atoms with Gasteiger partial charge in [-0.2, -0.15) is 0 Å². The number of Topliss-reactive ketones (excluding diaryl/α,β-unsaturated/α-hetero) is 1. The molecule has 25 heavy (non-hydrogen) atoms. The van der Waals surface area contributed by atoms with Gasteiger partial charge in [-0.25, -0.2) is 0 Å². The maximum atomic E-state index is 12.6. The smallest absolute Gasteiger partial charge is 0.292 e. The molecule has 4 nitrogen and oxygen atoms in total. The molecule has 128 valence electrons. The summed E-state index contributed by atoms with van der Waals surface area (Å²) in [5.41, 5.74) is 3.54. The van der Waals surface area contributed by atoms with Crippen molar-refractivity contribution < 1.29 is 14.4 Å². The van der Waals surface area contributed by atoms with Crippen molar-refractivity contribution in [1.82, 2.24) is 4.90 Å². The maximum absolute atomic E-state index is 12.6. The number of thiophene rings is 1. The van der Waals surface area contributed by atoms with Crippen LogP contribution in [0.5, 0.6) is 0 Å². The number of carbonyl (C=O) groups is 3. The second kappa shape index (κ2) is 6.98. The lowest BCUT2D eigenvalue weighted by atomic mass is 9.98. The number of hydrogen-bond acceptors (Lipinski definition) is 5. The fourth-order valence-corrected chi connectivity index (χ4v) is 4.19. The minimum Gasteiger partial charge on any atom is -0.292 e. The summed E-state index contributed by atoms with van der Waals surface area (Å²) in [5.74, 6) is -0.626. The first-order valence-corrected chi connectivity index (χ1v) is 9.46. The Labute approximate surface area is 154 Å². The summed E-state index contributed by atoms with van der Waals surface area (Å²) < 4.78 is 0. The van der Waals surface area contributed by atoms with Crippen LogP contribution in [0, 0.1) is 20.8 Å². The van der Waals surface area contributed by atoms with E-state index >= 15 is 0 Å². The molecule has 0 unspecified atom stereocenters. The third kappa shape index (κ3) is 3.60. The monoisotopic (exact) mass is 371 g/mol. The highest BCUT2D eigenvalue weighted by atomic mass is 32.2. The van der Waals surface area contributed by atoms with Crippen LogP contribution in [-0.4, -0.2) is 28.4 Å². The van der Waals surface area contributed by atoms with Gasteiger partial charge in [-0.15, -0.1) is 11.3 Å². The van der Waals surface area contributed by atoms with E-state index in [4.69, 9.17) is 0 Å². The fourth-order valence-electron chi connectivity index (χ4n) is 2.63. The number of ketones is 1. The van der Waals surface area contributed by atoms with Gasteiger partial charge in [0, 0.05) is 10.4 Å². The molecule has 1 aliphatic rings. The molecule has 1 saturated heterocycles. The summed E-state index contributed by atoms with van der Waals surface area (Å²) in [4.78, 5) is 39.6. The zero-order valence-corrected chi connectivity index (χ0v) is 15.8. The van der Waals surface area contributed by atoms with E-state index in [2.05, 4.69) is 0 Å². The quantitative estimate of drug-likeness (QED) is 0.582. The summed E-state index contributed by atoms with van der Waals surface area (Å²) in [7, 11) is 0. The van der Waals surface area contributed by atoms with Crippen LogP contribution in [0.15, 0.2) is 34.6 Å². The number of thioether (sulfide) groups is 1. The minimum absolute atomic E-state index is 0.222. The number of rotatable bonds is 4. The summed E-state index contributed by atoms with van der Waals surface area (Å²) in [6.07, 6.45) is 1.70. The molecule has 0 spiro atoms. The Morgan fingerprint density at radius 1 is 1.12 bits per heavy atom. The van der Waals surface area contributed by atoms with Crippen molar-refractivity contribution in [2.24, 2.45) is 0 Å². The van der Waals surface area contributed by atoms with Crippen molar-refractivity contribution in [2.75, 3.05) is 6.54 Å². The van der Waals surface area contributed by atoms with E-state index in [1.165, 1.54) is 11.3 Å².